The number of amidine groups is 2. The van der Waals surface area contributed by atoms with Gasteiger partial charge in [-0.25, -0.2) is 9.67 Å². The van der Waals surface area contributed by atoms with E-state index in [4.69, 9.17) is 21.6 Å². The van der Waals surface area contributed by atoms with Crippen LogP contribution in [-0.4, -0.2) is 56.5 Å². The highest BCUT2D eigenvalue weighted by atomic mass is 35.5. The van der Waals surface area contributed by atoms with E-state index >= 15 is 0 Å². The van der Waals surface area contributed by atoms with Crippen LogP contribution < -0.4 is 5.32 Å². The van der Waals surface area contributed by atoms with Gasteiger partial charge < -0.3 is 10.2 Å². The maximum Gasteiger partial charge on any atom is 0.230 e. The van der Waals surface area contributed by atoms with E-state index in [9.17, 15) is 4.79 Å². The van der Waals surface area contributed by atoms with Crippen molar-refractivity contribution in [1.82, 2.24) is 20.0 Å². The number of hydrogen-bond acceptors (Lipinski definition) is 6. The van der Waals surface area contributed by atoms with Crippen molar-refractivity contribution in [3.8, 4) is 5.69 Å². The molecule has 146 valence electrons. The second-order valence-corrected chi connectivity index (χ2v) is 8.26. The highest BCUT2D eigenvalue weighted by molar-refractivity contribution is 8.14. The molecule has 0 radical (unpaired) electrons. The lowest BCUT2D eigenvalue weighted by atomic mass is 10.2. The van der Waals surface area contributed by atoms with Crippen molar-refractivity contribution in [3.63, 3.8) is 0 Å². The monoisotopic (exact) mass is 416 g/mol. The van der Waals surface area contributed by atoms with Crippen LogP contribution in [0.4, 0.5) is 5.82 Å². The van der Waals surface area contributed by atoms with Crippen molar-refractivity contribution in [2.75, 3.05) is 18.8 Å². The van der Waals surface area contributed by atoms with Gasteiger partial charge in [-0.2, -0.15) is 5.10 Å². The first-order chi connectivity index (χ1) is 13.5. The van der Waals surface area contributed by atoms with Gasteiger partial charge in [0, 0.05) is 24.2 Å². The van der Waals surface area contributed by atoms with Crippen molar-refractivity contribution in [1.29, 1.82) is 0 Å². The Bertz CT molecular complexity index is 950. The van der Waals surface area contributed by atoms with Crippen LogP contribution in [0.5, 0.6) is 0 Å². The molecule has 1 N–H and O–H groups in total. The lowest BCUT2D eigenvalue weighted by Crippen LogP contribution is -2.42. The Balaban J connectivity index is 1.68. The Morgan fingerprint density at radius 1 is 1.32 bits per heavy atom. The fourth-order valence-electron chi connectivity index (χ4n) is 3.16. The summed E-state index contributed by atoms with van der Waals surface area (Å²) in [5.41, 5.74) is 1.78. The molecule has 2 aromatic rings. The zero-order valence-corrected chi connectivity index (χ0v) is 17.3. The minimum atomic E-state index is -0.00444. The molecule has 3 heterocycles. The van der Waals surface area contributed by atoms with Gasteiger partial charge in [0.1, 0.15) is 5.84 Å². The molecule has 9 heteroatoms. The summed E-state index contributed by atoms with van der Waals surface area (Å²) in [6.07, 6.45) is 2.76. The van der Waals surface area contributed by atoms with Gasteiger partial charge in [0.25, 0.3) is 0 Å². The smallest absolute Gasteiger partial charge is 0.230 e. The summed E-state index contributed by atoms with van der Waals surface area (Å²) in [6, 6.07) is 7.58. The van der Waals surface area contributed by atoms with Crippen LogP contribution in [0.15, 0.2) is 40.4 Å². The molecule has 0 saturated carbocycles. The van der Waals surface area contributed by atoms with Gasteiger partial charge in [-0.15, -0.1) is 0 Å². The fourth-order valence-corrected chi connectivity index (χ4v) is 4.11. The van der Waals surface area contributed by atoms with Gasteiger partial charge in [0.05, 0.1) is 23.2 Å². The van der Waals surface area contributed by atoms with Gasteiger partial charge in [0.15, 0.2) is 11.0 Å². The zero-order chi connectivity index (χ0) is 19.7. The normalized spacial score (nSPS) is 15.6. The summed E-state index contributed by atoms with van der Waals surface area (Å²) in [7, 11) is 0. The van der Waals surface area contributed by atoms with E-state index in [0.29, 0.717) is 10.8 Å². The second-order valence-electron chi connectivity index (χ2n) is 6.89. The van der Waals surface area contributed by atoms with Gasteiger partial charge >= 0.3 is 0 Å². The third kappa shape index (κ3) is 3.79. The van der Waals surface area contributed by atoms with Crippen LogP contribution >= 0.6 is 23.4 Å². The SMILES string of the molecule is CC(C)NC(=O)CSC1=Nc2c(cnn2-c2ccc(Cl)cc2)C2=NCCCN12. The number of carbonyl (C=O) groups excluding carboxylic acids is 1. The summed E-state index contributed by atoms with van der Waals surface area (Å²) in [6.45, 7) is 5.52. The third-order valence-electron chi connectivity index (χ3n) is 4.33. The summed E-state index contributed by atoms with van der Waals surface area (Å²) in [5, 5.41) is 8.89. The van der Waals surface area contributed by atoms with Crippen molar-refractivity contribution in [3.05, 3.63) is 41.0 Å². The van der Waals surface area contributed by atoms with Crippen LogP contribution in [0, 0.1) is 0 Å². The van der Waals surface area contributed by atoms with Crippen LogP contribution in [0.2, 0.25) is 5.02 Å². The largest absolute Gasteiger partial charge is 0.353 e. The van der Waals surface area contributed by atoms with Gasteiger partial charge in [-0.3, -0.25) is 9.79 Å². The van der Waals surface area contributed by atoms with Crippen molar-refractivity contribution >= 4 is 46.1 Å². The number of benzene rings is 1. The van der Waals surface area contributed by atoms with Crippen molar-refractivity contribution < 1.29 is 4.79 Å². The van der Waals surface area contributed by atoms with E-state index in [1.54, 1.807) is 10.9 Å². The molecule has 2 aliphatic heterocycles. The predicted molar refractivity (Wildman–Crippen MR) is 114 cm³/mol. The molecule has 28 heavy (non-hydrogen) atoms. The third-order valence-corrected chi connectivity index (χ3v) is 5.56. The van der Waals surface area contributed by atoms with E-state index < -0.39 is 0 Å². The average Bonchev–Trinajstić information content (AvgIpc) is 3.10. The van der Waals surface area contributed by atoms with E-state index in [-0.39, 0.29) is 11.9 Å². The Kier molecular flexibility index (Phi) is 5.41. The van der Waals surface area contributed by atoms with E-state index in [2.05, 4.69) is 15.3 Å². The Hall–Kier alpha value is -2.32. The fraction of sp³-hybridized carbons (Fsp3) is 0.368. The molecule has 0 aliphatic carbocycles. The molecule has 0 saturated heterocycles. The molecule has 0 fully saturated rings. The van der Waals surface area contributed by atoms with Gasteiger partial charge in [-0.05, 0) is 44.5 Å². The summed E-state index contributed by atoms with van der Waals surface area (Å²) >= 11 is 7.44. The summed E-state index contributed by atoms with van der Waals surface area (Å²) in [5.74, 6) is 1.91. The molecule has 1 aromatic carbocycles. The van der Waals surface area contributed by atoms with E-state index in [1.807, 2.05) is 38.1 Å². The number of nitrogens with one attached hydrogen (secondary N) is 1. The first-order valence-electron chi connectivity index (χ1n) is 9.20. The van der Waals surface area contributed by atoms with E-state index in [1.165, 1.54) is 11.8 Å². The molecule has 0 atom stereocenters. The number of halogens is 1. The zero-order valence-electron chi connectivity index (χ0n) is 15.7. The molecule has 1 aromatic heterocycles. The maximum atomic E-state index is 12.1. The van der Waals surface area contributed by atoms with E-state index in [0.717, 1.165) is 47.6 Å². The molecule has 0 bridgehead atoms. The second kappa shape index (κ2) is 7.97. The molecular formula is C19H21ClN6OS. The Morgan fingerprint density at radius 2 is 2.11 bits per heavy atom. The van der Waals surface area contributed by atoms with Crippen molar-refractivity contribution in [2.45, 2.75) is 26.3 Å². The number of nitrogens with zero attached hydrogens (tertiary/aromatic N) is 5. The van der Waals surface area contributed by atoms with Gasteiger partial charge in [-0.1, -0.05) is 23.4 Å². The molecule has 1 amide bonds. The number of carbonyl (C=O) groups is 1. The van der Waals surface area contributed by atoms with Crippen LogP contribution in [0.25, 0.3) is 5.69 Å². The number of aromatic nitrogens is 2. The van der Waals surface area contributed by atoms with Crippen LogP contribution in [0.1, 0.15) is 25.8 Å². The lowest BCUT2D eigenvalue weighted by molar-refractivity contribution is -0.119. The number of amides is 1. The minimum Gasteiger partial charge on any atom is -0.353 e. The van der Waals surface area contributed by atoms with Crippen LogP contribution in [0.3, 0.4) is 0 Å². The van der Waals surface area contributed by atoms with Crippen LogP contribution in [-0.2, 0) is 4.79 Å². The molecule has 0 spiro atoms. The highest BCUT2D eigenvalue weighted by Crippen LogP contribution is 2.33. The average molecular weight is 417 g/mol. The quantitative estimate of drug-likeness (QED) is 0.830. The van der Waals surface area contributed by atoms with Crippen molar-refractivity contribution in [2.24, 2.45) is 9.98 Å². The number of rotatable bonds is 4. The topological polar surface area (TPSA) is 74.9 Å². The predicted octanol–water partition coefficient (Wildman–Crippen LogP) is 3.24. The molecule has 2 aliphatic rings. The maximum absolute atomic E-state index is 12.1. The summed E-state index contributed by atoms with van der Waals surface area (Å²) in [4.78, 5) is 23.8. The Labute approximate surface area is 172 Å². The summed E-state index contributed by atoms with van der Waals surface area (Å²) < 4.78 is 1.79. The number of fused-ring (bicyclic) bond motifs is 3. The molecule has 4 rings (SSSR count). The number of hydrogen-bond donors (Lipinski definition) is 1. The number of thioether (sulfide) groups is 1. The number of aliphatic imine (C=N–C) groups is 2. The van der Waals surface area contributed by atoms with Gasteiger partial charge in [0.2, 0.25) is 5.91 Å². The first kappa shape index (κ1) is 19.0. The minimum absolute atomic E-state index is 0.00444. The molecular weight excluding hydrogens is 396 g/mol. The highest BCUT2D eigenvalue weighted by Gasteiger charge is 2.31. The first-order valence-corrected chi connectivity index (χ1v) is 10.6. The Morgan fingerprint density at radius 3 is 2.86 bits per heavy atom. The molecule has 0 unspecified atom stereocenters. The lowest BCUT2D eigenvalue weighted by Gasteiger charge is -2.32. The molecule has 7 nitrogen and oxygen atoms in total. The standard InChI is InChI=1S/C19H21ClN6OS/c1-12(2)23-16(27)11-28-19-24-18-15(17-21-8-3-9-25(17)19)10-22-26(18)14-6-4-13(20)5-7-14/h4-7,10,12H,3,8-9,11H2,1-2H3,(H,23,27).